The molecule has 0 fully saturated rings. The topological polar surface area (TPSA) is 108 Å². The molecule has 0 aromatic heterocycles. The zero-order valence-electron chi connectivity index (χ0n) is 47.5. The molecule has 0 spiro atoms. The van der Waals surface area contributed by atoms with Crippen molar-refractivity contribution in [2.45, 2.75) is 238 Å². The number of hydrogen-bond acceptors (Lipinski definition) is 6. The Labute approximate surface area is 450 Å². The minimum absolute atomic E-state index is 0.00772. The van der Waals surface area contributed by atoms with Gasteiger partial charge in [0.1, 0.15) is 13.2 Å². The summed E-state index contributed by atoms with van der Waals surface area (Å²) in [4.78, 5) is 25.5. The van der Waals surface area contributed by atoms with Crippen molar-refractivity contribution in [3.05, 3.63) is 122 Å². The molecule has 0 rings (SSSR count). The number of phosphoric acid groups is 1. The molecule has 1 amide bonds. The molecule has 2 N–H and O–H groups in total. The van der Waals surface area contributed by atoms with E-state index in [2.05, 4.69) is 129 Å². The number of nitrogens with zero attached hydrogens (tertiary/aromatic N) is 1. The van der Waals surface area contributed by atoms with Crippen LogP contribution < -0.4 is 10.2 Å². The van der Waals surface area contributed by atoms with Gasteiger partial charge in [-0.15, -0.1) is 0 Å². The highest BCUT2D eigenvalue weighted by atomic mass is 31.2. The first-order valence-corrected chi connectivity index (χ1v) is 30.9. The van der Waals surface area contributed by atoms with E-state index in [9.17, 15) is 19.4 Å². The number of allylic oxidation sites excluding steroid dienone is 19. The molecule has 3 unspecified atom stereocenters. The van der Waals surface area contributed by atoms with Crippen molar-refractivity contribution < 1.29 is 32.9 Å². The zero-order chi connectivity index (χ0) is 53.5. The highest BCUT2D eigenvalue weighted by Crippen LogP contribution is 2.38. The van der Waals surface area contributed by atoms with Crippen LogP contribution in [-0.2, 0) is 18.4 Å². The van der Waals surface area contributed by atoms with Crippen LogP contribution in [0.25, 0.3) is 0 Å². The van der Waals surface area contributed by atoms with Gasteiger partial charge < -0.3 is 28.8 Å². The van der Waals surface area contributed by atoms with E-state index in [-0.39, 0.29) is 19.1 Å². The number of rotatable bonds is 52. The number of quaternary nitrogens is 1. The standard InChI is InChI=1S/C64H111N2O6P/c1-6-8-10-12-14-16-18-20-22-23-24-25-26-27-28-29-30-31-32-33-34-35-36-37-38-39-40-41-42-43-44-46-48-50-52-54-56-58-64(68)65-62(61-72-73(69,70)71-60-59-66(3,4)5)63(67)57-55-53-51-49-47-45-21-19-17-15-13-11-9-7-2/h8,10,14,16,20,22,24-25,27-28,30-31,33-34,36-37,39-40,55,57,62-63,67H,6-7,9,11-13,15,17-19,21,23,26,29,32,35,38,41-54,56,58-61H2,1-5H3,(H-,65,68,69,70)/b10-8-,16-14-,22-20-,25-24-,28-27-,31-30-,34-33-,37-36-,40-39-,57-55+. The second kappa shape index (κ2) is 53.7. The van der Waals surface area contributed by atoms with E-state index in [0.29, 0.717) is 17.4 Å². The maximum atomic E-state index is 13.0. The van der Waals surface area contributed by atoms with Crippen LogP contribution >= 0.6 is 7.82 Å². The van der Waals surface area contributed by atoms with Crippen LogP contribution in [0, 0.1) is 0 Å². The van der Waals surface area contributed by atoms with E-state index >= 15 is 0 Å². The van der Waals surface area contributed by atoms with Crippen LogP contribution in [0.2, 0.25) is 0 Å². The van der Waals surface area contributed by atoms with Gasteiger partial charge in [-0.3, -0.25) is 9.36 Å². The molecule has 0 aromatic carbocycles. The lowest BCUT2D eigenvalue weighted by molar-refractivity contribution is -0.870. The summed E-state index contributed by atoms with van der Waals surface area (Å²) in [6, 6.07) is -0.897. The van der Waals surface area contributed by atoms with Gasteiger partial charge in [-0.25, -0.2) is 0 Å². The number of carbonyl (C=O) groups is 1. The van der Waals surface area contributed by atoms with E-state index in [1.165, 1.54) is 96.3 Å². The fourth-order valence-electron chi connectivity index (χ4n) is 7.85. The SMILES string of the molecule is CC/C=C\C/C=C\C/C=C\C/C=C\C/C=C\C/C=C\C/C=C\C/C=C\C/C=C\CCCCCCCCCCCC(=O)NC(COP(=O)([O-])OCC[N+](C)(C)C)C(O)/C=C/CCCCCCCCCCCCCC. The summed E-state index contributed by atoms with van der Waals surface area (Å²) in [5, 5.41) is 13.8. The average molecular weight is 1040 g/mol. The van der Waals surface area contributed by atoms with Gasteiger partial charge >= 0.3 is 0 Å². The summed E-state index contributed by atoms with van der Waals surface area (Å²) in [6.45, 7) is 4.51. The van der Waals surface area contributed by atoms with Gasteiger partial charge in [-0.2, -0.15) is 0 Å². The van der Waals surface area contributed by atoms with Gasteiger partial charge in [-0.05, 0) is 89.9 Å². The molecule has 0 radical (unpaired) electrons. The van der Waals surface area contributed by atoms with Crippen LogP contribution in [0.4, 0.5) is 0 Å². The van der Waals surface area contributed by atoms with Crippen molar-refractivity contribution in [2.75, 3.05) is 40.9 Å². The fraction of sp³-hybridized carbons (Fsp3) is 0.672. The Morgan fingerprint density at radius 2 is 0.836 bits per heavy atom. The average Bonchev–Trinajstić information content (AvgIpc) is 3.35. The first-order valence-electron chi connectivity index (χ1n) is 29.4. The minimum atomic E-state index is -4.60. The van der Waals surface area contributed by atoms with Gasteiger partial charge in [-0.1, -0.05) is 251 Å². The van der Waals surface area contributed by atoms with Crippen LogP contribution in [-0.4, -0.2) is 68.5 Å². The first kappa shape index (κ1) is 69.9. The van der Waals surface area contributed by atoms with E-state index in [1.54, 1.807) is 6.08 Å². The Morgan fingerprint density at radius 1 is 0.493 bits per heavy atom. The molecule has 0 saturated heterocycles. The number of aliphatic hydroxyl groups is 1. The smallest absolute Gasteiger partial charge is 0.268 e. The number of phosphoric ester groups is 1. The lowest BCUT2D eigenvalue weighted by Gasteiger charge is -2.29. The van der Waals surface area contributed by atoms with Crippen LogP contribution in [0.1, 0.15) is 226 Å². The highest BCUT2D eigenvalue weighted by Gasteiger charge is 2.23. The predicted octanol–water partition coefficient (Wildman–Crippen LogP) is 17.5. The van der Waals surface area contributed by atoms with Gasteiger partial charge in [0.15, 0.2) is 0 Å². The first-order chi connectivity index (χ1) is 35.5. The molecule has 0 aliphatic heterocycles. The van der Waals surface area contributed by atoms with Crippen molar-refractivity contribution in [3.63, 3.8) is 0 Å². The van der Waals surface area contributed by atoms with Gasteiger partial charge in [0.25, 0.3) is 7.82 Å². The summed E-state index contributed by atoms with van der Waals surface area (Å²) in [7, 11) is 1.24. The second-order valence-electron chi connectivity index (χ2n) is 20.6. The number of nitrogens with one attached hydrogen (secondary N) is 1. The minimum Gasteiger partial charge on any atom is -0.756 e. The van der Waals surface area contributed by atoms with Crippen molar-refractivity contribution in [1.29, 1.82) is 0 Å². The van der Waals surface area contributed by atoms with Crippen molar-refractivity contribution in [1.82, 2.24) is 5.32 Å². The maximum Gasteiger partial charge on any atom is 0.268 e. The van der Waals surface area contributed by atoms with Gasteiger partial charge in [0.05, 0.1) is 39.9 Å². The fourth-order valence-corrected chi connectivity index (χ4v) is 8.57. The maximum absolute atomic E-state index is 13.0. The molecular formula is C64H111N2O6P. The third-order valence-corrected chi connectivity index (χ3v) is 13.4. The molecule has 0 saturated carbocycles. The largest absolute Gasteiger partial charge is 0.756 e. The molecule has 8 nitrogen and oxygen atoms in total. The molecule has 0 aliphatic rings. The number of amides is 1. The van der Waals surface area contributed by atoms with E-state index in [0.717, 1.165) is 109 Å². The van der Waals surface area contributed by atoms with E-state index < -0.39 is 20.0 Å². The monoisotopic (exact) mass is 1030 g/mol. The molecule has 3 atom stereocenters. The summed E-state index contributed by atoms with van der Waals surface area (Å²) < 4.78 is 23.3. The Balaban J connectivity index is 4.14. The van der Waals surface area contributed by atoms with Crippen molar-refractivity contribution >= 4 is 13.7 Å². The Hall–Kier alpha value is -3.10. The molecule has 0 bridgehead atoms. The van der Waals surface area contributed by atoms with E-state index in [1.807, 2.05) is 27.2 Å². The van der Waals surface area contributed by atoms with Crippen LogP contribution in [0.3, 0.4) is 0 Å². The predicted molar refractivity (Wildman–Crippen MR) is 315 cm³/mol. The number of unbranched alkanes of at least 4 members (excludes halogenated alkanes) is 21. The molecule has 0 aliphatic carbocycles. The normalized spacial score (nSPS) is 14.8. The summed E-state index contributed by atoms with van der Waals surface area (Å²) in [5.74, 6) is -0.209. The van der Waals surface area contributed by atoms with Crippen LogP contribution in [0.5, 0.6) is 0 Å². The lowest BCUT2D eigenvalue weighted by Crippen LogP contribution is -2.45. The summed E-state index contributed by atoms with van der Waals surface area (Å²) >= 11 is 0. The molecule has 73 heavy (non-hydrogen) atoms. The number of likely N-dealkylation sites (N-methyl/N-ethyl adjacent to an activating group) is 1. The third kappa shape index (κ3) is 56.5. The van der Waals surface area contributed by atoms with Gasteiger partial charge in [0, 0.05) is 6.42 Å². The molecule has 9 heteroatoms. The molecule has 418 valence electrons. The molecule has 0 heterocycles. The summed E-state index contributed by atoms with van der Waals surface area (Å²) in [6.07, 6.45) is 79.9. The Bertz CT molecular complexity index is 1600. The quantitative estimate of drug-likeness (QED) is 0.0272. The molecular weight excluding hydrogens is 924 g/mol. The second-order valence-corrected chi connectivity index (χ2v) is 22.0. The van der Waals surface area contributed by atoms with Gasteiger partial charge in [0.2, 0.25) is 5.91 Å². The van der Waals surface area contributed by atoms with Crippen molar-refractivity contribution in [3.8, 4) is 0 Å². The Kier molecular flexibility index (Phi) is 51.4. The lowest BCUT2D eigenvalue weighted by atomic mass is 10.0. The summed E-state index contributed by atoms with van der Waals surface area (Å²) in [5.41, 5.74) is 0. The van der Waals surface area contributed by atoms with Crippen LogP contribution in [0.15, 0.2) is 122 Å². The third-order valence-electron chi connectivity index (χ3n) is 12.4. The van der Waals surface area contributed by atoms with E-state index in [4.69, 9.17) is 9.05 Å². The number of hydrogen-bond donors (Lipinski definition) is 2. The zero-order valence-corrected chi connectivity index (χ0v) is 48.4. The number of carbonyl (C=O) groups excluding carboxylic acids is 1. The number of aliphatic hydroxyl groups excluding tert-OH is 1. The molecule has 0 aromatic rings. The Morgan fingerprint density at radius 3 is 1.22 bits per heavy atom. The highest BCUT2D eigenvalue weighted by molar-refractivity contribution is 7.45. The van der Waals surface area contributed by atoms with Crippen molar-refractivity contribution in [2.24, 2.45) is 0 Å².